The number of aromatic nitrogens is 4. The van der Waals surface area contributed by atoms with Crippen LogP contribution in [0.2, 0.25) is 0 Å². The highest BCUT2D eigenvalue weighted by Gasteiger charge is 2.49. The van der Waals surface area contributed by atoms with Crippen molar-refractivity contribution in [2.45, 2.75) is 70.2 Å². The lowest BCUT2D eigenvalue weighted by molar-refractivity contribution is 0.0635. The summed E-state index contributed by atoms with van der Waals surface area (Å²) < 4.78 is 19.0. The van der Waals surface area contributed by atoms with E-state index in [2.05, 4.69) is 39.2 Å². The molecular formula is C28H38N8O4. The van der Waals surface area contributed by atoms with E-state index in [9.17, 15) is 4.79 Å². The maximum atomic E-state index is 12.4. The largest absolute Gasteiger partial charge is 0.453 e. The number of anilines is 2. The highest BCUT2D eigenvalue weighted by Crippen LogP contribution is 2.49. The van der Waals surface area contributed by atoms with Crippen LogP contribution in [0.1, 0.15) is 46.5 Å². The molecule has 12 nitrogen and oxygen atoms in total. The molecule has 3 N–H and O–H groups in total. The van der Waals surface area contributed by atoms with Gasteiger partial charge in [0.1, 0.15) is 23.4 Å². The number of carbonyl (C=O) groups is 1. The number of nitrogen functional groups attached to an aromatic ring is 1. The minimum Gasteiger partial charge on any atom is -0.453 e. The van der Waals surface area contributed by atoms with Crippen molar-refractivity contribution < 1.29 is 19.0 Å². The van der Waals surface area contributed by atoms with E-state index in [1.165, 1.54) is 19.2 Å². The van der Waals surface area contributed by atoms with Gasteiger partial charge in [0.25, 0.3) is 0 Å². The van der Waals surface area contributed by atoms with Gasteiger partial charge in [-0.05, 0) is 72.7 Å². The Hall–Kier alpha value is -3.64. The Morgan fingerprint density at radius 2 is 1.90 bits per heavy atom. The maximum Gasteiger partial charge on any atom is 0.412 e. The smallest absolute Gasteiger partial charge is 0.412 e. The van der Waals surface area contributed by atoms with Crippen LogP contribution in [-0.2, 0) is 11.3 Å². The van der Waals surface area contributed by atoms with Crippen LogP contribution in [-0.4, -0.2) is 86.8 Å². The Labute approximate surface area is 233 Å². The summed E-state index contributed by atoms with van der Waals surface area (Å²) in [6.45, 7) is 8.34. The molecule has 3 aliphatic rings. The SMILES string of the molecule is CN(C)C1CCN(C2(Cn3nc(-c4ccc(NC(=O)OC(C)(C)C)c5c4OCO5)c4c(N)ncnc43)CC2)CC1. The van der Waals surface area contributed by atoms with Crippen molar-refractivity contribution in [3.63, 3.8) is 0 Å². The molecular weight excluding hydrogens is 512 g/mol. The monoisotopic (exact) mass is 550 g/mol. The Morgan fingerprint density at radius 1 is 1.18 bits per heavy atom. The zero-order chi connectivity index (χ0) is 28.2. The van der Waals surface area contributed by atoms with Gasteiger partial charge in [-0.3, -0.25) is 10.2 Å². The summed E-state index contributed by atoms with van der Waals surface area (Å²) in [6.07, 6.45) is 5.52. The lowest BCUT2D eigenvalue weighted by atomic mass is 10.0. The molecule has 40 heavy (non-hydrogen) atoms. The maximum absolute atomic E-state index is 12.4. The van der Waals surface area contributed by atoms with Gasteiger partial charge in [-0.1, -0.05) is 0 Å². The van der Waals surface area contributed by atoms with Crippen LogP contribution in [0.3, 0.4) is 0 Å². The molecule has 1 aliphatic carbocycles. The summed E-state index contributed by atoms with van der Waals surface area (Å²) in [6, 6.07) is 4.24. The molecule has 0 unspecified atom stereocenters. The van der Waals surface area contributed by atoms with Gasteiger partial charge in [0.2, 0.25) is 6.79 Å². The summed E-state index contributed by atoms with van der Waals surface area (Å²) in [5, 5.41) is 8.50. The fraction of sp³-hybridized carbons (Fsp3) is 0.571. The fourth-order valence-corrected chi connectivity index (χ4v) is 5.88. The number of nitrogens with one attached hydrogen (secondary N) is 1. The van der Waals surface area contributed by atoms with Gasteiger partial charge in [0, 0.05) is 30.2 Å². The number of benzene rings is 1. The van der Waals surface area contributed by atoms with Crippen LogP contribution in [0.5, 0.6) is 11.5 Å². The number of amides is 1. The minimum atomic E-state index is -0.630. The first-order valence-corrected chi connectivity index (χ1v) is 13.9. The number of nitrogens with zero attached hydrogens (tertiary/aromatic N) is 6. The Kier molecular flexibility index (Phi) is 6.49. The Bertz CT molecular complexity index is 1430. The first kappa shape index (κ1) is 26.6. The van der Waals surface area contributed by atoms with Gasteiger partial charge in [-0.25, -0.2) is 19.4 Å². The predicted octanol–water partition coefficient (Wildman–Crippen LogP) is 3.71. The molecule has 2 aromatic heterocycles. The van der Waals surface area contributed by atoms with Crippen LogP contribution >= 0.6 is 0 Å². The van der Waals surface area contributed by atoms with Crippen LogP contribution < -0.4 is 20.5 Å². The topological polar surface area (TPSA) is 133 Å². The van der Waals surface area contributed by atoms with Crippen molar-refractivity contribution in [1.82, 2.24) is 29.5 Å². The molecule has 0 spiro atoms. The number of nitrogens with two attached hydrogens (primary N) is 1. The van der Waals surface area contributed by atoms with Gasteiger partial charge < -0.3 is 24.8 Å². The molecule has 0 bridgehead atoms. The average molecular weight is 551 g/mol. The van der Waals surface area contributed by atoms with Crippen LogP contribution in [0.4, 0.5) is 16.3 Å². The lowest BCUT2D eigenvalue weighted by Gasteiger charge is -2.40. The second-order valence-corrected chi connectivity index (χ2v) is 12.2. The molecule has 6 rings (SSSR count). The summed E-state index contributed by atoms with van der Waals surface area (Å²) in [7, 11) is 4.33. The molecule has 12 heteroatoms. The van der Waals surface area contributed by atoms with Gasteiger partial charge in [0.05, 0.1) is 17.6 Å². The molecule has 0 radical (unpaired) electrons. The van der Waals surface area contributed by atoms with Crippen molar-refractivity contribution in [1.29, 1.82) is 0 Å². The first-order chi connectivity index (χ1) is 19.0. The number of hydrogen-bond donors (Lipinski definition) is 2. The summed E-state index contributed by atoms with van der Waals surface area (Å²) in [5.41, 5.74) is 8.33. The van der Waals surface area contributed by atoms with E-state index >= 15 is 0 Å². The molecule has 1 saturated heterocycles. The molecule has 1 amide bonds. The standard InChI is InChI=1S/C28H38N8O4/c1-27(2,3)40-26(37)32-19-7-6-18(22-23(19)39-16-38-22)21-20-24(29)30-15-31-25(20)36(33-21)14-28(10-11-28)35-12-8-17(9-13-35)34(4)5/h6-7,15,17H,8-14,16H2,1-5H3,(H,32,37)(H2,29,30,31). The second kappa shape index (κ2) is 9.77. The normalized spacial score (nSPS) is 18.9. The predicted molar refractivity (Wildman–Crippen MR) is 151 cm³/mol. The molecule has 2 aliphatic heterocycles. The van der Waals surface area contributed by atoms with Gasteiger partial charge in [-0.2, -0.15) is 5.10 Å². The van der Waals surface area contributed by atoms with E-state index in [1.807, 2.05) is 31.5 Å². The van der Waals surface area contributed by atoms with E-state index < -0.39 is 11.7 Å². The van der Waals surface area contributed by atoms with Crippen molar-refractivity contribution >= 4 is 28.6 Å². The van der Waals surface area contributed by atoms with E-state index in [4.69, 9.17) is 25.0 Å². The number of hydrogen-bond acceptors (Lipinski definition) is 10. The molecule has 214 valence electrons. The van der Waals surface area contributed by atoms with Gasteiger partial charge in [-0.15, -0.1) is 0 Å². The van der Waals surface area contributed by atoms with Crippen molar-refractivity contribution in [3.8, 4) is 22.8 Å². The third-order valence-electron chi connectivity index (χ3n) is 8.10. The molecule has 4 heterocycles. The van der Waals surface area contributed by atoms with E-state index in [0.717, 1.165) is 32.5 Å². The van der Waals surface area contributed by atoms with Gasteiger partial charge >= 0.3 is 6.09 Å². The average Bonchev–Trinajstić information content (AvgIpc) is 3.33. The summed E-state index contributed by atoms with van der Waals surface area (Å²) >= 11 is 0. The lowest BCUT2D eigenvalue weighted by Crippen LogP contribution is -2.49. The second-order valence-electron chi connectivity index (χ2n) is 12.2. The first-order valence-electron chi connectivity index (χ1n) is 13.9. The van der Waals surface area contributed by atoms with Crippen LogP contribution in [0, 0.1) is 0 Å². The zero-order valence-electron chi connectivity index (χ0n) is 23.9. The number of piperidine rings is 1. The van der Waals surface area contributed by atoms with E-state index in [-0.39, 0.29) is 12.3 Å². The number of carbonyl (C=O) groups excluding carboxylic acids is 1. The van der Waals surface area contributed by atoms with Gasteiger partial charge in [0.15, 0.2) is 17.1 Å². The number of likely N-dealkylation sites (tertiary alicyclic amines) is 1. The highest BCUT2D eigenvalue weighted by atomic mass is 16.7. The molecule has 3 aromatic rings. The Balaban J connectivity index is 1.33. The van der Waals surface area contributed by atoms with Crippen molar-refractivity contribution in [2.75, 3.05) is 45.0 Å². The van der Waals surface area contributed by atoms with Crippen molar-refractivity contribution in [3.05, 3.63) is 18.5 Å². The Morgan fingerprint density at radius 3 is 2.58 bits per heavy atom. The molecule has 1 aromatic carbocycles. The van der Waals surface area contributed by atoms with E-state index in [1.54, 1.807) is 6.07 Å². The summed E-state index contributed by atoms with van der Waals surface area (Å²) in [4.78, 5) is 26.3. The van der Waals surface area contributed by atoms with Crippen LogP contribution in [0.15, 0.2) is 18.5 Å². The molecule has 1 saturated carbocycles. The zero-order valence-corrected chi connectivity index (χ0v) is 23.9. The third kappa shape index (κ3) is 4.90. The van der Waals surface area contributed by atoms with Crippen LogP contribution in [0.25, 0.3) is 22.3 Å². The highest BCUT2D eigenvalue weighted by molar-refractivity contribution is 6.01. The summed E-state index contributed by atoms with van der Waals surface area (Å²) in [5.74, 6) is 1.26. The molecule has 0 atom stereocenters. The minimum absolute atomic E-state index is 0.0198. The molecule has 2 fully saturated rings. The quantitative estimate of drug-likeness (QED) is 0.468. The fourth-order valence-electron chi connectivity index (χ4n) is 5.88. The number of rotatable bonds is 6. The van der Waals surface area contributed by atoms with E-state index in [0.29, 0.717) is 51.3 Å². The number of fused-ring (bicyclic) bond motifs is 2. The van der Waals surface area contributed by atoms with Crippen molar-refractivity contribution in [2.24, 2.45) is 0 Å². The third-order valence-corrected chi connectivity index (χ3v) is 8.10. The number of ether oxygens (including phenoxy) is 3.